The van der Waals surface area contributed by atoms with Crippen molar-refractivity contribution in [1.29, 1.82) is 0 Å². The Bertz CT molecular complexity index is 85.9. The van der Waals surface area contributed by atoms with Gasteiger partial charge in [-0.05, 0) is 38.3 Å². The smallest absolute Gasteiger partial charge is 0.00386 e. The summed E-state index contributed by atoms with van der Waals surface area (Å²) in [5, 5.41) is 3.43. The van der Waals surface area contributed by atoms with E-state index < -0.39 is 0 Å². The van der Waals surface area contributed by atoms with Crippen LogP contribution in [0.1, 0.15) is 39.5 Å². The van der Waals surface area contributed by atoms with Crippen molar-refractivity contribution in [2.45, 2.75) is 45.6 Å². The Labute approximate surface area is 81.7 Å². The molecule has 0 radical (unpaired) electrons. The molecule has 0 bridgehead atoms. The summed E-state index contributed by atoms with van der Waals surface area (Å²) < 4.78 is 0. The predicted molar refractivity (Wildman–Crippen MR) is 60.0 cm³/mol. The molecular weight excluding hydrogens is 166 g/mol. The van der Waals surface area contributed by atoms with Gasteiger partial charge < -0.3 is 5.32 Å². The zero-order chi connectivity index (χ0) is 9.23. The molecule has 1 atom stereocenters. The van der Waals surface area contributed by atoms with Gasteiger partial charge in [-0.15, -0.1) is 0 Å². The quantitative estimate of drug-likeness (QED) is 0.589. The topological polar surface area (TPSA) is 12.0 Å². The molecule has 0 aromatic heterocycles. The number of nitrogens with one attached hydrogen (secondary N) is 1. The van der Waals surface area contributed by atoms with Gasteiger partial charge in [-0.2, -0.15) is 11.8 Å². The average molecular weight is 189 g/mol. The second-order valence-corrected chi connectivity index (χ2v) is 4.29. The number of unbranched alkanes of at least 4 members (excludes halogenated alkanes) is 2. The summed E-state index contributed by atoms with van der Waals surface area (Å²) in [6.45, 7) is 5.55. The highest BCUT2D eigenvalue weighted by Crippen LogP contribution is 2.06. The van der Waals surface area contributed by atoms with Crippen molar-refractivity contribution >= 4 is 11.8 Å². The first-order valence-corrected chi connectivity index (χ1v) is 6.43. The van der Waals surface area contributed by atoms with Crippen LogP contribution in [0.25, 0.3) is 0 Å². The first-order chi connectivity index (χ1) is 5.81. The first-order valence-electron chi connectivity index (χ1n) is 5.03. The van der Waals surface area contributed by atoms with E-state index in [9.17, 15) is 0 Å². The van der Waals surface area contributed by atoms with Crippen molar-refractivity contribution in [3.8, 4) is 0 Å². The van der Waals surface area contributed by atoms with Crippen LogP contribution in [0.15, 0.2) is 0 Å². The number of thioether (sulfide) groups is 1. The van der Waals surface area contributed by atoms with Gasteiger partial charge in [0.05, 0.1) is 0 Å². The molecule has 74 valence electrons. The van der Waals surface area contributed by atoms with E-state index in [0.717, 1.165) is 6.54 Å². The van der Waals surface area contributed by atoms with Gasteiger partial charge in [-0.25, -0.2) is 0 Å². The molecule has 0 fully saturated rings. The SMILES string of the molecule is CCNC(C)CCCCCSC. The number of rotatable bonds is 8. The second kappa shape index (κ2) is 9.40. The van der Waals surface area contributed by atoms with Crippen LogP contribution in [0, 0.1) is 0 Å². The van der Waals surface area contributed by atoms with Crippen LogP contribution in [0.3, 0.4) is 0 Å². The number of hydrogen-bond acceptors (Lipinski definition) is 2. The van der Waals surface area contributed by atoms with Crippen LogP contribution in [-0.4, -0.2) is 24.6 Å². The van der Waals surface area contributed by atoms with E-state index in [-0.39, 0.29) is 0 Å². The molecular formula is C10H23NS. The van der Waals surface area contributed by atoms with E-state index in [2.05, 4.69) is 25.4 Å². The van der Waals surface area contributed by atoms with Gasteiger partial charge in [0.15, 0.2) is 0 Å². The molecule has 1 N–H and O–H groups in total. The Morgan fingerprint density at radius 1 is 1.25 bits per heavy atom. The van der Waals surface area contributed by atoms with E-state index >= 15 is 0 Å². The maximum Gasteiger partial charge on any atom is 0.00386 e. The zero-order valence-corrected chi connectivity index (χ0v) is 9.54. The molecule has 0 spiro atoms. The molecule has 0 aromatic rings. The van der Waals surface area contributed by atoms with Crippen molar-refractivity contribution in [3.05, 3.63) is 0 Å². The normalized spacial score (nSPS) is 13.2. The molecule has 0 saturated carbocycles. The molecule has 0 aliphatic heterocycles. The lowest BCUT2D eigenvalue weighted by Crippen LogP contribution is -2.25. The average Bonchev–Trinajstić information content (AvgIpc) is 2.05. The maximum absolute atomic E-state index is 3.43. The van der Waals surface area contributed by atoms with E-state index in [4.69, 9.17) is 0 Å². The van der Waals surface area contributed by atoms with E-state index in [1.165, 1.54) is 31.4 Å². The van der Waals surface area contributed by atoms with E-state index in [1.807, 2.05) is 11.8 Å². The zero-order valence-electron chi connectivity index (χ0n) is 8.73. The molecule has 0 aromatic carbocycles. The highest BCUT2D eigenvalue weighted by Gasteiger charge is 1.97. The van der Waals surface area contributed by atoms with Crippen molar-refractivity contribution in [2.75, 3.05) is 18.6 Å². The fraction of sp³-hybridized carbons (Fsp3) is 1.00. The largest absolute Gasteiger partial charge is 0.315 e. The monoisotopic (exact) mass is 189 g/mol. The van der Waals surface area contributed by atoms with E-state index in [0.29, 0.717) is 6.04 Å². The molecule has 2 heteroatoms. The van der Waals surface area contributed by atoms with Crippen LogP contribution in [0.2, 0.25) is 0 Å². The minimum Gasteiger partial charge on any atom is -0.315 e. The summed E-state index contributed by atoms with van der Waals surface area (Å²) >= 11 is 1.96. The minimum absolute atomic E-state index is 0.712. The van der Waals surface area contributed by atoms with E-state index in [1.54, 1.807) is 0 Å². The minimum atomic E-state index is 0.712. The molecule has 0 saturated heterocycles. The Balaban J connectivity index is 2.97. The van der Waals surface area contributed by atoms with Gasteiger partial charge in [0.2, 0.25) is 0 Å². The summed E-state index contributed by atoms with van der Waals surface area (Å²) in [6, 6.07) is 0.712. The molecule has 0 aliphatic carbocycles. The third kappa shape index (κ3) is 8.41. The number of hydrogen-bond donors (Lipinski definition) is 1. The summed E-state index contributed by atoms with van der Waals surface area (Å²) in [7, 11) is 0. The molecule has 1 unspecified atom stereocenters. The molecule has 0 heterocycles. The van der Waals surface area contributed by atoms with Gasteiger partial charge in [0, 0.05) is 6.04 Å². The Morgan fingerprint density at radius 3 is 2.58 bits per heavy atom. The first kappa shape index (κ1) is 12.3. The van der Waals surface area contributed by atoms with Gasteiger partial charge in [-0.3, -0.25) is 0 Å². The predicted octanol–water partition coefficient (Wildman–Crippen LogP) is 2.91. The van der Waals surface area contributed by atoms with Crippen molar-refractivity contribution < 1.29 is 0 Å². The lowest BCUT2D eigenvalue weighted by molar-refractivity contribution is 0.501. The lowest BCUT2D eigenvalue weighted by Gasteiger charge is -2.11. The molecule has 1 nitrogen and oxygen atoms in total. The highest BCUT2D eigenvalue weighted by atomic mass is 32.2. The standard InChI is InChI=1S/C10H23NS/c1-4-11-10(2)8-6-5-7-9-12-3/h10-11H,4-9H2,1-3H3. The van der Waals surface area contributed by atoms with Crippen molar-refractivity contribution in [2.24, 2.45) is 0 Å². The molecule has 12 heavy (non-hydrogen) atoms. The Hall–Kier alpha value is 0.310. The van der Waals surface area contributed by atoms with Crippen LogP contribution < -0.4 is 5.32 Å². The van der Waals surface area contributed by atoms with Crippen molar-refractivity contribution in [3.63, 3.8) is 0 Å². The summed E-state index contributed by atoms with van der Waals surface area (Å²) in [5.41, 5.74) is 0. The maximum atomic E-state index is 3.43. The van der Waals surface area contributed by atoms with Gasteiger partial charge >= 0.3 is 0 Å². The van der Waals surface area contributed by atoms with Crippen LogP contribution in [0.4, 0.5) is 0 Å². The fourth-order valence-corrected chi connectivity index (χ4v) is 1.82. The van der Waals surface area contributed by atoms with Gasteiger partial charge in [0.25, 0.3) is 0 Å². The van der Waals surface area contributed by atoms with Gasteiger partial charge in [-0.1, -0.05) is 19.8 Å². The van der Waals surface area contributed by atoms with Crippen LogP contribution in [0.5, 0.6) is 0 Å². The van der Waals surface area contributed by atoms with Gasteiger partial charge in [0.1, 0.15) is 0 Å². The second-order valence-electron chi connectivity index (χ2n) is 3.30. The molecule has 0 amide bonds. The molecule has 0 aliphatic rings. The third-order valence-electron chi connectivity index (χ3n) is 2.04. The Morgan fingerprint density at radius 2 is 2.00 bits per heavy atom. The third-order valence-corrected chi connectivity index (χ3v) is 2.74. The summed E-state index contributed by atoms with van der Waals surface area (Å²) in [5.74, 6) is 1.33. The lowest BCUT2D eigenvalue weighted by atomic mass is 10.1. The fourth-order valence-electron chi connectivity index (χ4n) is 1.32. The Kier molecular flexibility index (Phi) is 9.64. The summed E-state index contributed by atoms with van der Waals surface area (Å²) in [6.07, 6.45) is 7.69. The summed E-state index contributed by atoms with van der Waals surface area (Å²) in [4.78, 5) is 0. The van der Waals surface area contributed by atoms with Crippen LogP contribution >= 0.6 is 11.8 Å². The molecule has 0 rings (SSSR count). The highest BCUT2D eigenvalue weighted by molar-refractivity contribution is 7.98. The van der Waals surface area contributed by atoms with Crippen LogP contribution in [-0.2, 0) is 0 Å². The van der Waals surface area contributed by atoms with Crippen molar-refractivity contribution in [1.82, 2.24) is 5.32 Å².